The topological polar surface area (TPSA) is 71.6 Å². The fourth-order valence-electron chi connectivity index (χ4n) is 4.77. The third-order valence-electron chi connectivity index (χ3n) is 6.68. The Balaban J connectivity index is 1.31. The van der Waals surface area contributed by atoms with Crippen molar-refractivity contribution in [1.29, 1.82) is 0 Å². The molecule has 1 aliphatic rings. The maximum atomic E-state index is 12.7. The summed E-state index contributed by atoms with van der Waals surface area (Å²) in [7, 11) is -4.29. The number of quaternary nitrogens is 1. The Hall–Kier alpha value is -2.89. The van der Waals surface area contributed by atoms with Gasteiger partial charge in [-0.25, -0.2) is 4.57 Å². The molecular formula is C27H30N2O4P+. The lowest BCUT2D eigenvalue weighted by Crippen LogP contribution is -2.57. The number of aromatic nitrogens is 1. The molecule has 0 bridgehead atoms. The van der Waals surface area contributed by atoms with Gasteiger partial charge in [0.1, 0.15) is 12.3 Å². The van der Waals surface area contributed by atoms with E-state index < -0.39 is 7.82 Å². The lowest BCUT2D eigenvalue weighted by atomic mass is 10.0. The fourth-order valence-corrected chi connectivity index (χ4v) is 5.53. The molecule has 1 aromatic heterocycles. The van der Waals surface area contributed by atoms with Crippen LogP contribution in [0, 0.1) is 0 Å². The molecule has 3 aromatic carbocycles. The molecule has 2 N–H and O–H groups in total. The van der Waals surface area contributed by atoms with Crippen molar-refractivity contribution in [2.24, 2.45) is 0 Å². The van der Waals surface area contributed by atoms with Crippen molar-refractivity contribution in [2.45, 2.75) is 26.0 Å². The Morgan fingerprint density at radius 3 is 2.29 bits per heavy atom. The first-order valence-corrected chi connectivity index (χ1v) is 13.2. The molecule has 0 spiro atoms. The maximum Gasteiger partial charge on any atom is 0.527 e. The number of aromatic amines is 1. The Bertz CT molecular complexity index is 1290. The number of phosphoric ester groups is 1. The molecule has 0 aliphatic carbocycles. The average molecular weight is 478 g/mol. The van der Waals surface area contributed by atoms with Crippen LogP contribution in [0.2, 0.25) is 0 Å². The summed E-state index contributed by atoms with van der Waals surface area (Å²) in [5.41, 5.74) is 4.14. The summed E-state index contributed by atoms with van der Waals surface area (Å²) in [4.78, 5) is 13.7. The van der Waals surface area contributed by atoms with E-state index in [-0.39, 0.29) is 6.61 Å². The second kappa shape index (κ2) is 9.77. The number of fused-ring (bicyclic) bond motifs is 1. The minimum Gasteiger partial charge on any atom is -0.403 e. The second-order valence-electron chi connectivity index (χ2n) is 9.07. The summed E-state index contributed by atoms with van der Waals surface area (Å²) in [5, 5.41) is 0.846. The number of hydrogen-bond acceptors (Lipinski definition) is 3. The SMILES string of the molecule is O=P(O)(OCc1ccccc1)Oc1cccc2[nH]cc(CC[N+]3(Cc4ccccc4)CCC3)c12. The molecule has 1 aliphatic heterocycles. The lowest BCUT2D eigenvalue weighted by molar-refractivity contribution is -0.975. The van der Waals surface area contributed by atoms with Crippen LogP contribution in [-0.4, -0.2) is 34.0 Å². The highest BCUT2D eigenvalue weighted by atomic mass is 31.2. The molecule has 34 heavy (non-hydrogen) atoms. The zero-order chi connectivity index (χ0) is 23.4. The van der Waals surface area contributed by atoms with Gasteiger partial charge in [-0.15, -0.1) is 0 Å². The summed E-state index contributed by atoms with van der Waals surface area (Å²) >= 11 is 0. The molecule has 7 heteroatoms. The third kappa shape index (κ3) is 5.26. The van der Waals surface area contributed by atoms with E-state index in [1.165, 1.54) is 25.1 Å². The van der Waals surface area contributed by atoms with Crippen LogP contribution in [0.25, 0.3) is 10.9 Å². The summed E-state index contributed by atoms with van der Waals surface area (Å²) < 4.78 is 24.6. The fraction of sp³-hybridized carbons (Fsp3) is 0.259. The highest BCUT2D eigenvalue weighted by molar-refractivity contribution is 7.47. The monoisotopic (exact) mass is 477 g/mol. The normalized spacial score (nSPS) is 16.6. The molecule has 0 saturated carbocycles. The van der Waals surface area contributed by atoms with E-state index in [0.29, 0.717) is 5.75 Å². The zero-order valence-electron chi connectivity index (χ0n) is 19.1. The number of rotatable bonds is 10. The van der Waals surface area contributed by atoms with E-state index in [4.69, 9.17) is 9.05 Å². The molecule has 1 unspecified atom stereocenters. The van der Waals surface area contributed by atoms with Crippen LogP contribution in [0.1, 0.15) is 23.1 Å². The number of benzene rings is 3. The largest absolute Gasteiger partial charge is 0.527 e. The molecule has 1 atom stereocenters. The van der Waals surface area contributed by atoms with E-state index in [1.54, 1.807) is 6.07 Å². The van der Waals surface area contributed by atoms with Crippen LogP contribution in [0.5, 0.6) is 5.75 Å². The van der Waals surface area contributed by atoms with Crippen molar-refractivity contribution < 1.29 is 23.0 Å². The summed E-state index contributed by atoms with van der Waals surface area (Å²) in [6.07, 6.45) is 4.10. The van der Waals surface area contributed by atoms with Crippen LogP contribution < -0.4 is 4.52 Å². The van der Waals surface area contributed by atoms with E-state index in [2.05, 4.69) is 35.3 Å². The second-order valence-corrected chi connectivity index (χ2v) is 10.4. The Morgan fingerprint density at radius 1 is 0.912 bits per heavy atom. The lowest BCUT2D eigenvalue weighted by Gasteiger charge is -2.46. The zero-order valence-corrected chi connectivity index (χ0v) is 20.0. The van der Waals surface area contributed by atoms with E-state index in [0.717, 1.165) is 46.0 Å². The van der Waals surface area contributed by atoms with Gasteiger partial charge in [-0.3, -0.25) is 9.42 Å². The molecule has 6 nitrogen and oxygen atoms in total. The minimum atomic E-state index is -4.29. The van der Waals surface area contributed by atoms with Gasteiger partial charge >= 0.3 is 7.82 Å². The molecule has 0 amide bonds. The number of hydrogen-bond donors (Lipinski definition) is 2. The Morgan fingerprint density at radius 2 is 1.62 bits per heavy atom. The first-order chi connectivity index (χ1) is 16.5. The van der Waals surface area contributed by atoms with Gasteiger partial charge in [0.2, 0.25) is 0 Å². The van der Waals surface area contributed by atoms with Crippen LogP contribution in [0.4, 0.5) is 0 Å². The Kier molecular flexibility index (Phi) is 6.57. The van der Waals surface area contributed by atoms with E-state index >= 15 is 0 Å². The first-order valence-electron chi connectivity index (χ1n) is 11.7. The summed E-state index contributed by atoms with van der Waals surface area (Å²) in [6, 6.07) is 25.4. The van der Waals surface area contributed by atoms with E-state index in [9.17, 15) is 9.46 Å². The molecule has 5 rings (SSSR count). The number of phosphoric acid groups is 1. The highest BCUT2D eigenvalue weighted by Crippen LogP contribution is 2.47. The quantitative estimate of drug-likeness (QED) is 0.223. The molecule has 176 valence electrons. The van der Waals surface area contributed by atoms with Crippen molar-refractivity contribution in [3.63, 3.8) is 0 Å². The maximum absolute atomic E-state index is 12.7. The van der Waals surface area contributed by atoms with Gasteiger partial charge in [0.15, 0.2) is 0 Å². The van der Waals surface area contributed by atoms with Crippen LogP contribution >= 0.6 is 7.82 Å². The molecule has 2 heterocycles. The van der Waals surface area contributed by atoms with Gasteiger partial charge < -0.3 is 14.0 Å². The van der Waals surface area contributed by atoms with Crippen LogP contribution in [-0.2, 0) is 28.7 Å². The van der Waals surface area contributed by atoms with Gasteiger partial charge in [0.25, 0.3) is 0 Å². The Labute approximate surface area is 200 Å². The number of likely N-dealkylation sites (tertiary alicyclic amines) is 1. The average Bonchev–Trinajstić information content (AvgIpc) is 3.25. The van der Waals surface area contributed by atoms with Crippen molar-refractivity contribution in [2.75, 3.05) is 19.6 Å². The first kappa shape index (κ1) is 22.9. The van der Waals surface area contributed by atoms with Gasteiger partial charge in [-0.1, -0.05) is 66.7 Å². The van der Waals surface area contributed by atoms with Crippen molar-refractivity contribution in [3.05, 3.63) is 102 Å². The molecule has 0 radical (unpaired) electrons. The molecule has 1 fully saturated rings. The number of nitrogens with one attached hydrogen (secondary N) is 1. The van der Waals surface area contributed by atoms with Crippen molar-refractivity contribution in [1.82, 2.24) is 4.98 Å². The molecule has 4 aromatic rings. The summed E-state index contributed by atoms with van der Waals surface area (Å²) in [6.45, 7) is 4.41. The van der Waals surface area contributed by atoms with Crippen LogP contribution in [0.15, 0.2) is 85.1 Å². The highest BCUT2D eigenvalue weighted by Gasteiger charge is 2.35. The third-order valence-corrected chi connectivity index (χ3v) is 7.56. The number of H-pyrrole nitrogens is 1. The van der Waals surface area contributed by atoms with E-state index in [1.807, 2.05) is 48.7 Å². The molecular weight excluding hydrogens is 447 g/mol. The standard InChI is InChI=1S/C27H29N2O4P/c30-34(31,32-21-23-11-5-2-6-12-23)33-26-14-7-13-25-27(26)24(19-28-25)15-18-29(16-8-17-29)20-22-9-3-1-4-10-22/h1-7,9-14,19,28H,8,15-18,20-21H2/p+1. The van der Waals surface area contributed by atoms with Gasteiger partial charge in [0.05, 0.1) is 26.2 Å². The summed E-state index contributed by atoms with van der Waals surface area (Å²) in [5.74, 6) is 0.367. The van der Waals surface area contributed by atoms with Crippen LogP contribution in [0.3, 0.4) is 0 Å². The minimum absolute atomic E-state index is 0.00404. The van der Waals surface area contributed by atoms with Crippen molar-refractivity contribution in [3.8, 4) is 5.75 Å². The predicted molar refractivity (Wildman–Crippen MR) is 133 cm³/mol. The predicted octanol–water partition coefficient (Wildman–Crippen LogP) is 5.83. The smallest absolute Gasteiger partial charge is 0.403 e. The van der Waals surface area contributed by atoms with Gasteiger partial charge in [-0.05, 0) is 23.3 Å². The van der Waals surface area contributed by atoms with Crippen molar-refractivity contribution >= 4 is 18.7 Å². The van der Waals surface area contributed by atoms with Gasteiger partial charge in [-0.2, -0.15) is 0 Å². The molecule has 1 saturated heterocycles. The number of nitrogens with zero attached hydrogens (tertiary/aromatic N) is 1. The van der Waals surface area contributed by atoms with Gasteiger partial charge in [0, 0.05) is 35.5 Å².